The zero-order valence-electron chi connectivity index (χ0n) is 14.9. The van der Waals surface area contributed by atoms with E-state index in [-0.39, 0.29) is 5.96 Å². The van der Waals surface area contributed by atoms with Crippen molar-refractivity contribution in [1.29, 1.82) is 0 Å². The molecule has 5 nitrogen and oxygen atoms in total. The maximum Gasteiger partial charge on any atom is 0.253 e. The number of hydrogen-bond donors (Lipinski definition) is 2. The Morgan fingerprint density at radius 2 is 1.59 bits per heavy atom. The molecule has 0 unspecified atom stereocenters. The van der Waals surface area contributed by atoms with Gasteiger partial charge >= 0.3 is 0 Å². The van der Waals surface area contributed by atoms with E-state index >= 15 is 0 Å². The van der Waals surface area contributed by atoms with Gasteiger partial charge in [0.1, 0.15) is 0 Å². The number of nitrogens with one attached hydrogen (secondary N) is 1. The van der Waals surface area contributed by atoms with Crippen LogP contribution >= 0.6 is 0 Å². The average Bonchev–Trinajstić information content (AvgIpc) is 2.69. The van der Waals surface area contributed by atoms with Crippen LogP contribution < -0.4 is 11.1 Å². The molecule has 4 rings (SSSR count). The van der Waals surface area contributed by atoms with E-state index in [1.165, 1.54) is 0 Å². The first-order valence-electron chi connectivity index (χ1n) is 8.69. The number of hydrogen-bond acceptors (Lipinski definition) is 3. The molecule has 0 aliphatic heterocycles. The fourth-order valence-corrected chi connectivity index (χ4v) is 2.96. The molecule has 0 radical (unpaired) electrons. The van der Waals surface area contributed by atoms with E-state index in [0.717, 1.165) is 33.4 Å². The number of nitrogens with two attached hydrogens (primary N) is 1. The van der Waals surface area contributed by atoms with Gasteiger partial charge < -0.3 is 11.1 Å². The number of para-hydroxylation sites is 1. The second-order valence-corrected chi connectivity index (χ2v) is 6.20. The highest BCUT2D eigenvalue weighted by Crippen LogP contribution is 2.22. The summed E-state index contributed by atoms with van der Waals surface area (Å²) in [5.74, 6) is 0.588. The highest BCUT2D eigenvalue weighted by molar-refractivity contribution is 5.94. The summed E-state index contributed by atoms with van der Waals surface area (Å²) in [6.07, 6.45) is 0. The predicted molar refractivity (Wildman–Crippen MR) is 111 cm³/mol. The molecular formula is C22H19N5. The van der Waals surface area contributed by atoms with Crippen molar-refractivity contribution >= 4 is 28.5 Å². The Kier molecular flexibility index (Phi) is 4.49. The molecule has 0 bridgehead atoms. The molecule has 1 aromatic heterocycles. The van der Waals surface area contributed by atoms with E-state index in [0.29, 0.717) is 5.95 Å². The fraction of sp³-hybridized carbons (Fsp3) is 0.0455. The SMILES string of the molecule is Cc1nc(N=C(N)Nc2cccc(-c3ccccc3)c2)nc2ccccc12. The first-order valence-corrected chi connectivity index (χ1v) is 8.69. The molecule has 1 heterocycles. The smallest absolute Gasteiger partial charge is 0.253 e. The van der Waals surface area contributed by atoms with Crippen LogP contribution in [0.2, 0.25) is 0 Å². The summed E-state index contributed by atoms with van der Waals surface area (Å²) in [7, 11) is 0. The van der Waals surface area contributed by atoms with Crippen LogP contribution in [0.15, 0.2) is 83.9 Å². The molecule has 0 amide bonds. The van der Waals surface area contributed by atoms with Gasteiger partial charge in [0, 0.05) is 11.1 Å². The zero-order valence-corrected chi connectivity index (χ0v) is 14.9. The summed E-state index contributed by atoms with van der Waals surface area (Å²) in [4.78, 5) is 13.2. The van der Waals surface area contributed by atoms with E-state index in [2.05, 4.69) is 38.5 Å². The van der Waals surface area contributed by atoms with E-state index in [1.807, 2.05) is 67.6 Å². The number of fused-ring (bicyclic) bond motifs is 1. The second kappa shape index (κ2) is 7.25. The number of guanidine groups is 1. The van der Waals surface area contributed by atoms with E-state index in [9.17, 15) is 0 Å². The van der Waals surface area contributed by atoms with Gasteiger partial charge in [-0.15, -0.1) is 0 Å². The molecule has 0 saturated heterocycles. The van der Waals surface area contributed by atoms with Gasteiger partial charge in [0.05, 0.1) is 11.2 Å². The molecule has 0 spiro atoms. The Morgan fingerprint density at radius 1 is 0.852 bits per heavy atom. The summed E-state index contributed by atoms with van der Waals surface area (Å²) in [5, 5.41) is 4.13. The van der Waals surface area contributed by atoms with Crippen LogP contribution in [-0.2, 0) is 0 Å². The molecule has 0 aliphatic carbocycles. The molecule has 3 N–H and O–H groups in total. The second-order valence-electron chi connectivity index (χ2n) is 6.20. The van der Waals surface area contributed by atoms with Gasteiger partial charge in [0.15, 0.2) is 0 Å². The molecule has 27 heavy (non-hydrogen) atoms. The summed E-state index contributed by atoms with van der Waals surface area (Å²) in [6.45, 7) is 1.94. The molecular weight excluding hydrogens is 334 g/mol. The maximum atomic E-state index is 6.08. The highest BCUT2D eigenvalue weighted by Gasteiger charge is 2.05. The van der Waals surface area contributed by atoms with Crippen molar-refractivity contribution in [3.63, 3.8) is 0 Å². The Hall–Kier alpha value is -3.73. The third kappa shape index (κ3) is 3.77. The van der Waals surface area contributed by atoms with Crippen molar-refractivity contribution in [1.82, 2.24) is 9.97 Å². The topological polar surface area (TPSA) is 76.2 Å². The van der Waals surface area contributed by atoms with Crippen molar-refractivity contribution in [2.75, 3.05) is 5.32 Å². The molecule has 0 aliphatic rings. The van der Waals surface area contributed by atoms with Crippen molar-refractivity contribution in [3.8, 4) is 11.1 Å². The first-order chi connectivity index (χ1) is 13.2. The van der Waals surface area contributed by atoms with Crippen LogP contribution in [0.5, 0.6) is 0 Å². The van der Waals surface area contributed by atoms with Crippen LogP contribution in [0.1, 0.15) is 5.69 Å². The minimum Gasteiger partial charge on any atom is -0.369 e. The number of benzene rings is 3. The van der Waals surface area contributed by atoms with Crippen molar-refractivity contribution in [2.45, 2.75) is 6.92 Å². The molecule has 5 heteroatoms. The van der Waals surface area contributed by atoms with Crippen molar-refractivity contribution in [3.05, 3.63) is 84.6 Å². The lowest BCUT2D eigenvalue weighted by atomic mass is 10.1. The number of aromatic nitrogens is 2. The fourth-order valence-electron chi connectivity index (χ4n) is 2.96. The van der Waals surface area contributed by atoms with Crippen LogP contribution in [0, 0.1) is 6.92 Å². The quantitative estimate of drug-likeness (QED) is 0.415. The van der Waals surface area contributed by atoms with Crippen LogP contribution in [-0.4, -0.2) is 15.9 Å². The lowest BCUT2D eigenvalue weighted by Crippen LogP contribution is -2.22. The Labute approximate surface area is 157 Å². The largest absolute Gasteiger partial charge is 0.369 e. The summed E-state index contributed by atoms with van der Waals surface area (Å²) >= 11 is 0. The minimum atomic E-state index is 0.245. The van der Waals surface area contributed by atoms with Crippen molar-refractivity contribution in [2.24, 2.45) is 10.7 Å². The minimum absolute atomic E-state index is 0.245. The van der Waals surface area contributed by atoms with Gasteiger partial charge in [0.25, 0.3) is 5.95 Å². The average molecular weight is 353 g/mol. The Balaban J connectivity index is 1.60. The summed E-state index contributed by atoms with van der Waals surface area (Å²) < 4.78 is 0. The lowest BCUT2D eigenvalue weighted by molar-refractivity contribution is 1.12. The standard InChI is InChI=1S/C22H19N5/c1-15-19-12-5-6-13-20(19)26-22(24-15)27-21(23)25-18-11-7-10-17(14-18)16-8-3-2-4-9-16/h2-14H,1H3,(H3,23,24,25,26,27). The first kappa shape index (κ1) is 16.7. The number of rotatable bonds is 3. The highest BCUT2D eigenvalue weighted by atomic mass is 15.2. The lowest BCUT2D eigenvalue weighted by Gasteiger charge is -2.08. The molecule has 3 aromatic carbocycles. The van der Waals surface area contributed by atoms with Crippen LogP contribution in [0.4, 0.5) is 11.6 Å². The maximum absolute atomic E-state index is 6.08. The van der Waals surface area contributed by atoms with Crippen LogP contribution in [0.3, 0.4) is 0 Å². The third-order valence-electron chi connectivity index (χ3n) is 4.24. The monoisotopic (exact) mass is 353 g/mol. The number of aliphatic imine (C=N–C) groups is 1. The Bertz CT molecular complexity index is 1120. The van der Waals surface area contributed by atoms with Gasteiger partial charge in [-0.3, -0.25) is 0 Å². The third-order valence-corrected chi connectivity index (χ3v) is 4.24. The zero-order chi connectivity index (χ0) is 18.6. The predicted octanol–water partition coefficient (Wildman–Crippen LogP) is 4.66. The van der Waals surface area contributed by atoms with Gasteiger partial charge in [-0.05, 0) is 36.2 Å². The number of anilines is 1. The van der Waals surface area contributed by atoms with E-state index in [4.69, 9.17) is 5.73 Å². The summed E-state index contributed by atoms with van der Waals surface area (Å²) in [6, 6.07) is 26.0. The number of nitrogens with zero attached hydrogens (tertiary/aromatic N) is 3. The van der Waals surface area contributed by atoms with E-state index < -0.39 is 0 Å². The molecule has 0 saturated carbocycles. The van der Waals surface area contributed by atoms with Gasteiger partial charge in [-0.1, -0.05) is 60.7 Å². The normalized spacial score (nSPS) is 11.5. The molecule has 132 valence electrons. The van der Waals surface area contributed by atoms with Crippen LogP contribution in [0.25, 0.3) is 22.0 Å². The number of aryl methyl sites for hydroxylation is 1. The molecule has 0 fully saturated rings. The molecule has 0 atom stereocenters. The van der Waals surface area contributed by atoms with Gasteiger partial charge in [-0.2, -0.15) is 4.99 Å². The summed E-state index contributed by atoms with van der Waals surface area (Å²) in [5.41, 5.74) is 10.9. The van der Waals surface area contributed by atoms with E-state index in [1.54, 1.807) is 0 Å². The molecule has 4 aromatic rings. The van der Waals surface area contributed by atoms with Crippen molar-refractivity contribution < 1.29 is 0 Å². The Morgan fingerprint density at radius 3 is 2.44 bits per heavy atom. The van der Waals surface area contributed by atoms with Gasteiger partial charge in [-0.25, -0.2) is 9.97 Å². The van der Waals surface area contributed by atoms with Gasteiger partial charge in [0.2, 0.25) is 5.96 Å².